The van der Waals surface area contributed by atoms with E-state index < -0.39 is 28.4 Å². The number of aromatic nitrogens is 2. The molecule has 2 aromatic heterocycles. The number of nitrogens with one attached hydrogen (secondary N) is 3. The Kier molecular flexibility index (Phi) is 6.56. The SMILES string of the molecule is CCOC(=O)c1c(C)[nH]c(C)c1S(=O)(=O)NCC(=O)Nc1cccc(-c2ccno2)c1. The average Bonchev–Trinajstić information content (AvgIpc) is 3.35. The van der Waals surface area contributed by atoms with Crippen LogP contribution in [-0.2, 0) is 19.6 Å². The van der Waals surface area contributed by atoms with Crippen molar-refractivity contribution in [1.82, 2.24) is 14.9 Å². The van der Waals surface area contributed by atoms with Crippen molar-refractivity contribution in [3.8, 4) is 11.3 Å². The number of carbonyl (C=O) groups is 2. The number of aromatic amines is 1. The van der Waals surface area contributed by atoms with Gasteiger partial charge in [-0.05, 0) is 32.9 Å². The molecule has 11 heteroatoms. The number of H-pyrrole nitrogens is 1. The van der Waals surface area contributed by atoms with Gasteiger partial charge in [-0.25, -0.2) is 17.9 Å². The van der Waals surface area contributed by atoms with Crippen LogP contribution < -0.4 is 10.0 Å². The Morgan fingerprint density at radius 2 is 1.97 bits per heavy atom. The van der Waals surface area contributed by atoms with Gasteiger partial charge in [0.2, 0.25) is 15.9 Å². The maximum Gasteiger partial charge on any atom is 0.341 e. The zero-order valence-corrected chi connectivity index (χ0v) is 18.0. The Morgan fingerprint density at radius 3 is 2.65 bits per heavy atom. The van der Waals surface area contributed by atoms with Crippen LogP contribution in [0.2, 0.25) is 0 Å². The van der Waals surface area contributed by atoms with E-state index >= 15 is 0 Å². The molecule has 164 valence electrons. The molecular weight excluding hydrogens is 424 g/mol. The van der Waals surface area contributed by atoms with Gasteiger partial charge in [0.1, 0.15) is 10.5 Å². The monoisotopic (exact) mass is 446 g/mol. The fraction of sp³-hybridized carbons (Fsp3) is 0.250. The molecule has 0 saturated heterocycles. The highest BCUT2D eigenvalue weighted by molar-refractivity contribution is 7.89. The van der Waals surface area contributed by atoms with Gasteiger partial charge in [-0.1, -0.05) is 17.3 Å². The van der Waals surface area contributed by atoms with Crippen LogP contribution in [0.5, 0.6) is 0 Å². The Labute approximate surface area is 179 Å². The number of ether oxygens (including phenoxy) is 1. The molecule has 0 aliphatic carbocycles. The molecule has 3 rings (SSSR count). The molecule has 0 aliphatic heterocycles. The molecule has 0 fully saturated rings. The lowest BCUT2D eigenvalue weighted by atomic mass is 10.1. The van der Waals surface area contributed by atoms with Crippen LogP contribution in [0.1, 0.15) is 28.7 Å². The number of carbonyl (C=O) groups excluding carboxylic acids is 2. The predicted octanol–water partition coefficient (Wildman–Crippen LogP) is 2.38. The van der Waals surface area contributed by atoms with Gasteiger partial charge in [0, 0.05) is 28.7 Å². The first-order valence-electron chi connectivity index (χ1n) is 9.40. The van der Waals surface area contributed by atoms with Crippen LogP contribution >= 0.6 is 0 Å². The number of anilines is 1. The van der Waals surface area contributed by atoms with Crippen molar-refractivity contribution in [1.29, 1.82) is 0 Å². The van der Waals surface area contributed by atoms with Crippen LogP contribution in [0.15, 0.2) is 45.9 Å². The number of hydrogen-bond donors (Lipinski definition) is 3. The van der Waals surface area contributed by atoms with E-state index in [-0.39, 0.29) is 22.8 Å². The first kappa shape index (κ1) is 22.2. The van der Waals surface area contributed by atoms with Crippen LogP contribution in [0, 0.1) is 13.8 Å². The Balaban J connectivity index is 1.72. The number of aryl methyl sites for hydroxylation is 2. The molecule has 0 saturated carbocycles. The lowest BCUT2D eigenvalue weighted by Gasteiger charge is -2.10. The van der Waals surface area contributed by atoms with Crippen LogP contribution in [0.25, 0.3) is 11.3 Å². The molecule has 0 spiro atoms. The predicted molar refractivity (Wildman–Crippen MR) is 112 cm³/mol. The van der Waals surface area contributed by atoms with Gasteiger partial charge in [0.15, 0.2) is 5.76 Å². The van der Waals surface area contributed by atoms with E-state index in [0.29, 0.717) is 22.7 Å². The molecule has 0 unspecified atom stereocenters. The van der Waals surface area contributed by atoms with E-state index in [1.54, 1.807) is 44.2 Å². The molecule has 10 nitrogen and oxygen atoms in total. The third kappa shape index (κ3) is 5.01. The van der Waals surface area contributed by atoms with Crippen molar-refractivity contribution >= 4 is 27.6 Å². The van der Waals surface area contributed by atoms with Gasteiger partial charge >= 0.3 is 5.97 Å². The van der Waals surface area contributed by atoms with Crippen molar-refractivity contribution in [3.05, 3.63) is 53.5 Å². The quantitative estimate of drug-likeness (QED) is 0.451. The molecule has 1 amide bonds. The fourth-order valence-corrected chi connectivity index (χ4v) is 4.52. The number of esters is 1. The number of amides is 1. The molecule has 3 aromatic rings. The third-order valence-electron chi connectivity index (χ3n) is 4.36. The topological polar surface area (TPSA) is 143 Å². The molecule has 0 atom stereocenters. The van der Waals surface area contributed by atoms with E-state index in [1.807, 2.05) is 0 Å². The molecule has 1 aromatic carbocycles. The van der Waals surface area contributed by atoms with Gasteiger partial charge in [-0.3, -0.25) is 4.79 Å². The standard InChI is InChI=1S/C20H22N4O6S/c1-4-29-20(26)18-12(2)23-13(3)19(18)31(27,28)22-11-17(25)24-15-7-5-6-14(10-15)16-8-9-21-30-16/h5-10,22-23H,4,11H2,1-3H3,(H,24,25). The smallest absolute Gasteiger partial charge is 0.341 e. The van der Waals surface area contributed by atoms with Crippen molar-refractivity contribution < 1.29 is 27.3 Å². The first-order valence-corrected chi connectivity index (χ1v) is 10.9. The highest BCUT2D eigenvalue weighted by atomic mass is 32.2. The molecule has 3 N–H and O–H groups in total. The first-order chi connectivity index (χ1) is 14.7. The van der Waals surface area contributed by atoms with Gasteiger partial charge in [-0.2, -0.15) is 0 Å². The van der Waals surface area contributed by atoms with Crippen molar-refractivity contribution in [2.45, 2.75) is 25.7 Å². The summed E-state index contributed by atoms with van der Waals surface area (Å²) in [5.74, 6) is -0.805. The summed E-state index contributed by atoms with van der Waals surface area (Å²) in [4.78, 5) is 27.2. The number of hydrogen-bond acceptors (Lipinski definition) is 7. The second-order valence-electron chi connectivity index (χ2n) is 6.63. The maximum absolute atomic E-state index is 12.8. The lowest BCUT2D eigenvalue weighted by molar-refractivity contribution is -0.115. The molecular formula is C20H22N4O6S. The summed E-state index contributed by atoms with van der Waals surface area (Å²) in [6, 6.07) is 8.51. The highest BCUT2D eigenvalue weighted by Crippen LogP contribution is 2.25. The van der Waals surface area contributed by atoms with E-state index in [0.717, 1.165) is 0 Å². The normalized spacial score (nSPS) is 11.3. The average molecular weight is 446 g/mol. The van der Waals surface area contributed by atoms with Gasteiger partial charge in [0.25, 0.3) is 0 Å². The largest absolute Gasteiger partial charge is 0.462 e. The Hall–Kier alpha value is -3.44. The molecule has 0 radical (unpaired) electrons. The van der Waals surface area contributed by atoms with Crippen molar-refractivity contribution in [2.75, 3.05) is 18.5 Å². The van der Waals surface area contributed by atoms with E-state index in [9.17, 15) is 18.0 Å². The second kappa shape index (κ2) is 9.14. The zero-order valence-electron chi connectivity index (χ0n) is 17.2. The number of benzene rings is 1. The van der Waals surface area contributed by atoms with Gasteiger partial charge < -0.3 is 19.6 Å². The second-order valence-corrected chi connectivity index (χ2v) is 8.33. The van der Waals surface area contributed by atoms with E-state index in [1.165, 1.54) is 13.1 Å². The summed E-state index contributed by atoms with van der Waals surface area (Å²) in [5.41, 5.74) is 1.72. The van der Waals surface area contributed by atoms with Crippen LogP contribution in [0.3, 0.4) is 0 Å². The molecule has 0 aliphatic rings. The molecule has 31 heavy (non-hydrogen) atoms. The van der Waals surface area contributed by atoms with Crippen LogP contribution in [0.4, 0.5) is 5.69 Å². The fourth-order valence-electron chi connectivity index (χ4n) is 3.10. The summed E-state index contributed by atoms with van der Waals surface area (Å²) in [7, 11) is -4.16. The zero-order chi connectivity index (χ0) is 22.6. The number of rotatable bonds is 8. The number of nitrogens with zero attached hydrogens (tertiary/aromatic N) is 1. The minimum atomic E-state index is -4.16. The minimum absolute atomic E-state index is 0.0768. The van der Waals surface area contributed by atoms with E-state index in [4.69, 9.17) is 9.26 Å². The summed E-state index contributed by atoms with van der Waals surface area (Å²) < 4.78 is 37.9. The summed E-state index contributed by atoms with van der Waals surface area (Å²) in [6.07, 6.45) is 1.50. The van der Waals surface area contributed by atoms with Crippen molar-refractivity contribution in [2.24, 2.45) is 0 Å². The van der Waals surface area contributed by atoms with E-state index in [2.05, 4.69) is 20.2 Å². The maximum atomic E-state index is 12.8. The van der Waals surface area contributed by atoms with Crippen molar-refractivity contribution in [3.63, 3.8) is 0 Å². The Morgan fingerprint density at radius 1 is 1.19 bits per heavy atom. The van der Waals surface area contributed by atoms with Crippen LogP contribution in [-0.4, -0.2) is 43.6 Å². The summed E-state index contributed by atoms with van der Waals surface area (Å²) in [6.45, 7) is 4.30. The highest BCUT2D eigenvalue weighted by Gasteiger charge is 2.30. The number of sulfonamides is 1. The van der Waals surface area contributed by atoms with Gasteiger partial charge in [0.05, 0.1) is 19.3 Å². The Bertz CT molecular complexity index is 1200. The molecule has 2 heterocycles. The molecule has 0 bridgehead atoms. The third-order valence-corrected chi connectivity index (χ3v) is 5.93. The summed E-state index contributed by atoms with van der Waals surface area (Å²) in [5, 5.41) is 6.26. The summed E-state index contributed by atoms with van der Waals surface area (Å²) >= 11 is 0. The minimum Gasteiger partial charge on any atom is -0.462 e. The lowest BCUT2D eigenvalue weighted by Crippen LogP contribution is -2.33. The van der Waals surface area contributed by atoms with Gasteiger partial charge in [-0.15, -0.1) is 0 Å².